The summed E-state index contributed by atoms with van der Waals surface area (Å²) < 4.78 is 0. The number of imidazole rings is 1. The molecule has 0 aliphatic carbocycles. The molecule has 1 aliphatic rings. The number of hydrogen-bond acceptors (Lipinski definition) is 3. The lowest BCUT2D eigenvalue weighted by molar-refractivity contribution is 0.311. The van der Waals surface area contributed by atoms with Crippen molar-refractivity contribution in [3.63, 3.8) is 0 Å². The molecular weight excluding hydrogens is 152 g/mol. The van der Waals surface area contributed by atoms with E-state index in [1.165, 1.54) is 5.69 Å². The summed E-state index contributed by atoms with van der Waals surface area (Å²) in [7, 11) is 4.17. The molecule has 2 heterocycles. The van der Waals surface area contributed by atoms with Gasteiger partial charge in [0.15, 0.2) is 5.82 Å². The minimum Gasteiger partial charge on any atom is -0.345 e. The van der Waals surface area contributed by atoms with Crippen molar-refractivity contribution >= 4 is 5.82 Å². The van der Waals surface area contributed by atoms with Gasteiger partial charge in [-0.2, -0.15) is 0 Å². The first-order valence-electron chi connectivity index (χ1n) is 4.12. The fourth-order valence-corrected chi connectivity index (χ4v) is 1.70. The molecule has 0 unspecified atom stereocenters. The van der Waals surface area contributed by atoms with Gasteiger partial charge in [0.1, 0.15) is 5.82 Å². The first-order chi connectivity index (χ1) is 5.66. The Bertz CT molecular complexity index is 291. The predicted molar refractivity (Wildman–Crippen MR) is 48.1 cm³/mol. The van der Waals surface area contributed by atoms with Crippen LogP contribution in [-0.2, 0) is 6.54 Å². The Kier molecular flexibility index (Phi) is 1.58. The van der Waals surface area contributed by atoms with Gasteiger partial charge in [0.25, 0.3) is 0 Å². The zero-order valence-corrected chi connectivity index (χ0v) is 7.76. The first-order valence-corrected chi connectivity index (χ1v) is 4.12. The Morgan fingerprint density at radius 1 is 1.42 bits per heavy atom. The maximum Gasteiger partial charge on any atom is 0.152 e. The van der Waals surface area contributed by atoms with E-state index < -0.39 is 0 Å². The summed E-state index contributed by atoms with van der Waals surface area (Å²) in [6.45, 7) is 3.92. The molecular formula is C8H14N4. The number of aromatic amines is 1. The number of nitrogens with zero attached hydrogens (tertiary/aromatic N) is 3. The molecule has 0 fully saturated rings. The van der Waals surface area contributed by atoms with Gasteiger partial charge in [-0.25, -0.2) is 4.98 Å². The normalized spacial score (nSPS) is 18.1. The van der Waals surface area contributed by atoms with E-state index in [1.807, 2.05) is 6.92 Å². The number of aromatic nitrogens is 2. The average Bonchev–Trinajstić information content (AvgIpc) is 2.29. The molecule has 2 rings (SSSR count). The molecule has 12 heavy (non-hydrogen) atoms. The lowest BCUT2D eigenvalue weighted by Gasteiger charge is -2.30. The van der Waals surface area contributed by atoms with Crippen molar-refractivity contribution in [3.05, 3.63) is 11.5 Å². The van der Waals surface area contributed by atoms with Gasteiger partial charge in [-0.3, -0.25) is 4.90 Å². The molecule has 0 saturated heterocycles. The highest BCUT2D eigenvalue weighted by molar-refractivity contribution is 5.45. The van der Waals surface area contributed by atoms with E-state index in [0.29, 0.717) is 0 Å². The fourth-order valence-electron chi connectivity index (χ4n) is 1.70. The van der Waals surface area contributed by atoms with Crippen LogP contribution in [0.25, 0.3) is 0 Å². The molecule has 66 valence electrons. The second-order valence-electron chi connectivity index (χ2n) is 3.48. The maximum absolute atomic E-state index is 4.41. The molecule has 0 spiro atoms. The third kappa shape index (κ3) is 1.08. The van der Waals surface area contributed by atoms with Crippen molar-refractivity contribution in [2.24, 2.45) is 0 Å². The quantitative estimate of drug-likeness (QED) is 0.611. The summed E-state index contributed by atoms with van der Waals surface area (Å²) in [6, 6.07) is 0. The number of aryl methyl sites for hydroxylation is 1. The SMILES string of the molecule is Cc1nc2c([nH]1)CN(C)CN2C. The number of hydrogen-bond donors (Lipinski definition) is 1. The minimum absolute atomic E-state index is 0.956. The summed E-state index contributed by atoms with van der Waals surface area (Å²) in [4.78, 5) is 12.1. The highest BCUT2D eigenvalue weighted by Gasteiger charge is 2.20. The second-order valence-corrected chi connectivity index (χ2v) is 3.48. The van der Waals surface area contributed by atoms with Crippen LogP contribution in [0, 0.1) is 6.92 Å². The Hall–Kier alpha value is -1.03. The summed E-state index contributed by atoms with van der Waals surface area (Å²) >= 11 is 0. The topological polar surface area (TPSA) is 35.2 Å². The van der Waals surface area contributed by atoms with Crippen LogP contribution < -0.4 is 4.90 Å². The zero-order valence-electron chi connectivity index (χ0n) is 7.76. The van der Waals surface area contributed by atoms with Gasteiger partial charge in [-0.1, -0.05) is 0 Å². The molecule has 1 aromatic heterocycles. The van der Waals surface area contributed by atoms with Gasteiger partial charge in [-0.05, 0) is 14.0 Å². The van der Waals surface area contributed by atoms with Gasteiger partial charge in [0.2, 0.25) is 0 Å². The van der Waals surface area contributed by atoms with Crippen LogP contribution >= 0.6 is 0 Å². The van der Waals surface area contributed by atoms with E-state index in [1.54, 1.807) is 0 Å². The van der Waals surface area contributed by atoms with E-state index >= 15 is 0 Å². The van der Waals surface area contributed by atoms with Crippen molar-refractivity contribution in [2.75, 3.05) is 25.7 Å². The van der Waals surface area contributed by atoms with E-state index in [0.717, 1.165) is 24.9 Å². The summed E-state index contributed by atoms with van der Waals surface area (Å²) in [5.74, 6) is 2.10. The number of anilines is 1. The molecule has 0 radical (unpaired) electrons. The van der Waals surface area contributed by atoms with E-state index in [9.17, 15) is 0 Å². The van der Waals surface area contributed by atoms with Crippen LogP contribution in [0.5, 0.6) is 0 Å². The largest absolute Gasteiger partial charge is 0.345 e. The molecule has 0 atom stereocenters. The number of rotatable bonds is 0. The number of H-pyrrole nitrogens is 1. The monoisotopic (exact) mass is 166 g/mol. The van der Waals surface area contributed by atoms with E-state index in [2.05, 4.69) is 33.9 Å². The predicted octanol–water partition coefficient (Wildman–Crippen LogP) is 0.557. The first kappa shape index (κ1) is 7.61. The van der Waals surface area contributed by atoms with Gasteiger partial charge in [-0.15, -0.1) is 0 Å². The van der Waals surface area contributed by atoms with Crippen molar-refractivity contribution in [1.82, 2.24) is 14.9 Å². The maximum atomic E-state index is 4.41. The molecule has 0 saturated carbocycles. The Morgan fingerprint density at radius 3 is 2.92 bits per heavy atom. The standard InChI is InChI=1S/C8H14N4/c1-6-9-7-4-11(2)5-12(3)8(7)10-6/h4-5H2,1-3H3,(H,9,10). The molecule has 1 aliphatic heterocycles. The van der Waals surface area contributed by atoms with Crippen LogP contribution in [0.1, 0.15) is 11.5 Å². The van der Waals surface area contributed by atoms with Crippen LogP contribution in [0.4, 0.5) is 5.82 Å². The molecule has 1 N–H and O–H groups in total. The van der Waals surface area contributed by atoms with Gasteiger partial charge in [0, 0.05) is 13.6 Å². The smallest absolute Gasteiger partial charge is 0.152 e. The highest BCUT2D eigenvalue weighted by atomic mass is 15.3. The molecule has 0 aromatic carbocycles. The van der Waals surface area contributed by atoms with Crippen LogP contribution in [0.3, 0.4) is 0 Å². The molecule has 0 amide bonds. The minimum atomic E-state index is 0.956. The summed E-state index contributed by atoms with van der Waals surface area (Å²) in [5, 5.41) is 0. The Labute approximate surface area is 72.2 Å². The van der Waals surface area contributed by atoms with E-state index in [4.69, 9.17) is 0 Å². The van der Waals surface area contributed by atoms with Crippen molar-refractivity contribution in [2.45, 2.75) is 13.5 Å². The Balaban J connectivity index is 2.40. The van der Waals surface area contributed by atoms with Crippen LogP contribution in [-0.4, -0.2) is 35.6 Å². The molecule has 4 nitrogen and oxygen atoms in total. The molecule has 4 heteroatoms. The summed E-state index contributed by atoms with van der Waals surface area (Å²) in [6.07, 6.45) is 0. The average molecular weight is 166 g/mol. The fraction of sp³-hybridized carbons (Fsp3) is 0.625. The molecule has 0 bridgehead atoms. The highest BCUT2D eigenvalue weighted by Crippen LogP contribution is 2.21. The van der Waals surface area contributed by atoms with E-state index in [-0.39, 0.29) is 0 Å². The van der Waals surface area contributed by atoms with Crippen molar-refractivity contribution in [1.29, 1.82) is 0 Å². The van der Waals surface area contributed by atoms with Gasteiger partial charge >= 0.3 is 0 Å². The molecule has 1 aromatic rings. The van der Waals surface area contributed by atoms with Gasteiger partial charge < -0.3 is 9.88 Å². The lowest BCUT2D eigenvalue weighted by Crippen LogP contribution is -2.37. The lowest BCUT2D eigenvalue weighted by atomic mass is 10.3. The third-order valence-corrected chi connectivity index (χ3v) is 2.12. The van der Waals surface area contributed by atoms with Crippen molar-refractivity contribution < 1.29 is 0 Å². The van der Waals surface area contributed by atoms with Crippen LogP contribution in [0.2, 0.25) is 0 Å². The second kappa shape index (κ2) is 2.48. The van der Waals surface area contributed by atoms with Crippen molar-refractivity contribution in [3.8, 4) is 0 Å². The van der Waals surface area contributed by atoms with Gasteiger partial charge in [0.05, 0.1) is 12.4 Å². The van der Waals surface area contributed by atoms with Crippen LogP contribution in [0.15, 0.2) is 0 Å². The Morgan fingerprint density at radius 2 is 2.17 bits per heavy atom. The zero-order chi connectivity index (χ0) is 8.72. The summed E-state index contributed by atoms with van der Waals surface area (Å²) in [5.41, 5.74) is 1.23. The number of nitrogens with one attached hydrogen (secondary N) is 1. The third-order valence-electron chi connectivity index (χ3n) is 2.12. The number of fused-ring (bicyclic) bond motifs is 1.